The first-order chi connectivity index (χ1) is 8.35. The van der Waals surface area contributed by atoms with Crippen molar-refractivity contribution in [3.05, 3.63) is 35.1 Å². The average molecular weight is 253 g/mol. The third-order valence-corrected chi connectivity index (χ3v) is 2.64. The van der Waals surface area contributed by atoms with Crippen molar-refractivity contribution in [1.29, 1.82) is 0 Å². The molecule has 1 amide bonds. The molecule has 0 heterocycles. The number of carbonyl (C=O) groups is 1. The van der Waals surface area contributed by atoms with Crippen molar-refractivity contribution >= 4 is 5.91 Å². The monoisotopic (exact) mass is 253 g/mol. The Hall–Kier alpha value is -1.42. The maximum atomic E-state index is 12.9. The van der Waals surface area contributed by atoms with Gasteiger partial charge in [0.05, 0.1) is 5.60 Å². The highest BCUT2D eigenvalue weighted by molar-refractivity contribution is 5.95. The summed E-state index contributed by atoms with van der Waals surface area (Å²) < 4.78 is 18.4. The maximum absolute atomic E-state index is 12.9. The molecule has 0 atom stereocenters. The Morgan fingerprint density at radius 1 is 1.44 bits per heavy atom. The van der Waals surface area contributed by atoms with Crippen LogP contribution in [0.25, 0.3) is 0 Å². The van der Waals surface area contributed by atoms with Crippen LogP contribution in [0.3, 0.4) is 0 Å². The summed E-state index contributed by atoms with van der Waals surface area (Å²) in [5.41, 5.74) is 0.712. The van der Waals surface area contributed by atoms with E-state index in [1.165, 1.54) is 18.2 Å². The number of halogens is 1. The maximum Gasteiger partial charge on any atom is 0.251 e. The van der Waals surface area contributed by atoms with Gasteiger partial charge >= 0.3 is 0 Å². The van der Waals surface area contributed by atoms with Gasteiger partial charge in [-0.3, -0.25) is 4.79 Å². The zero-order valence-electron chi connectivity index (χ0n) is 11.3. The second-order valence-corrected chi connectivity index (χ2v) is 4.83. The van der Waals surface area contributed by atoms with Gasteiger partial charge in [0.2, 0.25) is 0 Å². The lowest BCUT2D eigenvalue weighted by Gasteiger charge is -2.25. The molecule has 0 spiro atoms. The number of hydrogen-bond acceptors (Lipinski definition) is 2. The van der Waals surface area contributed by atoms with Crippen molar-refractivity contribution in [2.24, 2.45) is 0 Å². The van der Waals surface area contributed by atoms with Gasteiger partial charge in [0.15, 0.2) is 0 Å². The zero-order chi connectivity index (χ0) is 13.8. The molecular weight excluding hydrogens is 233 g/mol. The van der Waals surface area contributed by atoms with Crippen LogP contribution in [0.1, 0.15) is 36.7 Å². The Balaban J connectivity index is 2.66. The first kappa shape index (κ1) is 14.6. The van der Waals surface area contributed by atoms with Crippen molar-refractivity contribution in [2.75, 3.05) is 13.2 Å². The minimum atomic E-state index is -0.404. The Morgan fingerprint density at radius 2 is 2.11 bits per heavy atom. The summed E-state index contributed by atoms with van der Waals surface area (Å²) in [7, 11) is 0. The van der Waals surface area contributed by atoms with Crippen LogP contribution in [0.2, 0.25) is 0 Å². The quantitative estimate of drug-likeness (QED) is 0.876. The summed E-state index contributed by atoms with van der Waals surface area (Å²) >= 11 is 0. The predicted octanol–water partition coefficient (Wildman–Crippen LogP) is 2.68. The molecule has 100 valence electrons. The summed E-state index contributed by atoms with van der Waals surface area (Å²) in [6.45, 7) is 8.46. The topological polar surface area (TPSA) is 38.3 Å². The number of ether oxygens (including phenoxy) is 1. The molecule has 0 saturated carbocycles. The Labute approximate surface area is 107 Å². The van der Waals surface area contributed by atoms with Crippen LogP contribution < -0.4 is 5.32 Å². The standard InChI is InChI=1S/C14H20FNO2/c1-5-18-14(3,4)9-16-13(17)12-7-6-11(15)8-10(12)2/h6-8H,5,9H2,1-4H3,(H,16,17). The van der Waals surface area contributed by atoms with Crippen molar-refractivity contribution in [3.8, 4) is 0 Å². The normalized spacial score (nSPS) is 11.4. The smallest absolute Gasteiger partial charge is 0.251 e. The predicted molar refractivity (Wildman–Crippen MR) is 69.2 cm³/mol. The van der Waals surface area contributed by atoms with Gasteiger partial charge < -0.3 is 10.1 Å². The molecule has 0 bridgehead atoms. The van der Waals surface area contributed by atoms with Gasteiger partial charge in [0.25, 0.3) is 5.91 Å². The summed E-state index contributed by atoms with van der Waals surface area (Å²) in [5.74, 6) is -0.543. The number of benzene rings is 1. The lowest BCUT2D eigenvalue weighted by molar-refractivity contribution is -0.00816. The van der Waals surface area contributed by atoms with Gasteiger partial charge in [-0.2, -0.15) is 0 Å². The molecule has 0 unspecified atom stereocenters. The summed E-state index contributed by atoms with van der Waals surface area (Å²) in [5, 5.41) is 2.80. The number of hydrogen-bond donors (Lipinski definition) is 1. The zero-order valence-corrected chi connectivity index (χ0v) is 11.3. The summed E-state index contributed by atoms with van der Waals surface area (Å²) in [6, 6.07) is 4.13. The Morgan fingerprint density at radius 3 is 2.67 bits per heavy atom. The first-order valence-electron chi connectivity index (χ1n) is 6.04. The van der Waals surface area contributed by atoms with E-state index in [0.29, 0.717) is 24.3 Å². The molecule has 3 nitrogen and oxygen atoms in total. The second-order valence-electron chi connectivity index (χ2n) is 4.83. The third-order valence-electron chi connectivity index (χ3n) is 2.64. The lowest BCUT2D eigenvalue weighted by Crippen LogP contribution is -2.40. The molecule has 1 aromatic rings. The van der Waals surface area contributed by atoms with E-state index in [1.807, 2.05) is 20.8 Å². The van der Waals surface area contributed by atoms with Crippen molar-refractivity contribution in [3.63, 3.8) is 0 Å². The molecule has 1 aromatic carbocycles. The summed E-state index contributed by atoms with van der Waals surface area (Å²) in [6.07, 6.45) is 0. The van der Waals surface area contributed by atoms with E-state index in [1.54, 1.807) is 6.92 Å². The number of aryl methyl sites for hydroxylation is 1. The van der Waals surface area contributed by atoms with Crippen LogP contribution in [-0.2, 0) is 4.74 Å². The fourth-order valence-electron chi connectivity index (χ4n) is 1.71. The molecule has 1 N–H and O–H groups in total. The van der Waals surface area contributed by atoms with Gasteiger partial charge in [-0.15, -0.1) is 0 Å². The van der Waals surface area contributed by atoms with E-state index in [0.717, 1.165) is 0 Å². The van der Waals surface area contributed by atoms with E-state index < -0.39 is 5.60 Å². The summed E-state index contributed by atoms with van der Waals surface area (Å²) in [4.78, 5) is 11.9. The van der Waals surface area contributed by atoms with Crippen LogP contribution in [0.5, 0.6) is 0 Å². The SMILES string of the molecule is CCOC(C)(C)CNC(=O)c1ccc(F)cc1C. The highest BCUT2D eigenvalue weighted by Gasteiger charge is 2.19. The Kier molecular flexibility index (Phi) is 4.84. The lowest BCUT2D eigenvalue weighted by atomic mass is 10.1. The second kappa shape index (κ2) is 5.96. The van der Waals surface area contributed by atoms with Crippen molar-refractivity contribution in [2.45, 2.75) is 33.3 Å². The molecule has 0 aliphatic carbocycles. The van der Waals surface area contributed by atoms with Gasteiger partial charge in [-0.1, -0.05) is 0 Å². The van der Waals surface area contributed by atoms with Crippen molar-refractivity contribution < 1.29 is 13.9 Å². The first-order valence-corrected chi connectivity index (χ1v) is 6.04. The fourth-order valence-corrected chi connectivity index (χ4v) is 1.71. The van der Waals surface area contributed by atoms with Crippen LogP contribution in [0.4, 0.5) is 4.39 Å². The van der Waals surface area contributed by atoms with Gasteiger partial charge in [0.1, 0.15) is 5.82 Å². The van der Waals surface area contributed by atoms with Gasteiger partial charge in [-0.25, -0.2) is 4.39 Å². The largest absolute Gasteiger partial charge is 0.374 e. The molecule has 0 aliphatic rings. The van der Waals surface area contributed by atoms with Crippen LogP contribution >= 0.6 is 0 Å². The number of rotatable bonds is 5. The minimum absolute atomic E-state index is 0.208. The number of nitrogens with one attached hydrogen (secondary N) is 1. The number of amides is 1. The molecular formula is C14H20FNO2. The van der Waals surface area contributed by atoms with Crippen LogP contribution in [0.15, 0.2) is 18.2 Å². The van der Waals surface area contributed by atoms with Crippen molar-refractivity contribution in [1.82, 2.24) is 5.32 Å². The molecule has 1 rings (SSSR count). The van der Waals surface area contributed by atoms with E-state index in [2.05, 4.69) is 5.32 Å². The molecule has 4 heteroatoms. The molecule has 0 saturated heterocycles. The molecule has 0 aromatic heterocycles. The highest BCUT2D eigenvalue weighted by Crippen LogP contribution is 2.11. The van der Waals surface area contributed by atoms with E-state index in [4.69, 9.17) is 4.74 Å². The number of carbonyl (C=O) groups excluding carboxylic acids is 1. The van der Waals surface area contributed by atoms with E-state index in [9.17, 15) is 9.18 Å². The molecule has 0 radical (unpaired) electrons. The van der Waals surface area contributed by atoms with E-state index in [-0.39, 0.29) is 11.7 Å². The fraction of sp³-hybridized carbons (Fsp3) is 0.500. The minimum Gasteiger partial charge on any atom is -0.374 e. The van der Waals surface area contributed by atoms with E-state index >= 15 is 0 Å². The molecule has 18 heavy (non-hydrogen) atoms. The average Bonchev–Trinajstić information content (AvgIpc) is 2.26. The Bertz CT molecular complexity index is 430. The third kappa shape index (κ3) is 4.11. The van der Waals surface area contributed by atoms with Gasteiger partial charge in [0, 0.05) is 18.7 Å². The highest BCUT2D eigenvalue weighted by atomic mass is 19.1. The molecule has 0 aliphatic heterocycles. The van der Waals surface area contributed by atoms with Gasteiger partial charge in [-0.05, 0) is 51.5 Å². The molecule has 0 fully saturated rings. The van der Waals surface area contributed by atoms with Crippen LogP contribution in [-0.4, -0.2) is 24.7 Å². The van der Waals surface area contributed by atoms with Crippen LogP contribution in [0, 0.1) is 12.7 Å².